The number of hydrogen-bond donors (Lipinski definition) is 0. The van der Waals surface area contributed by atoms with Gasteiger partial charge in [-0.3, -0.25) is 9.78 Å². The molecule has 1 unspecified atom stereocenters. The van der Waals surface area contributed by atoms with Crippen LogP contribution in [0.1, 0.15) is 57.4 Å². The molecule has 3 aromatic heterocycles. The van der Waals surface area contributed by atoms with Crippen molar-refractivity contribution >= 4 is 28.6 Å². The maximum absolute atomic E-state index is 13.2. The molecule has 13 heteroatoms. The average molecular weight is 546 g/mol. The maximum Gasteiger partial charge on any atom is 0.433 e. The van der Waals surface area contributed by atoms with Gasteiger partial charge in [0.15, 0.2) is 17.4 Å². The number of carbonyl (C=O) groups is 1. The lowest BCUT2D eigenvalue weighted by Gasteiger charge is -2.39. The van der Waals surface area contributed by atoms with Crippen LogP contribution in [0.15, 0.2) is 24.5 Å². The molecule has 0 bridgehead atoms. The van der Waals surface area contributed by atoms with Crippen LogP contribution < -0.4 is 14.5 Å². The highest BCUT2D eigenvalue weighted by atomic mass is 19.4. The predicted molar refractivity (Wildman–Crippen MR) is 135 cm³/mol. The number of pyridine rings is 1. The van der Waals surface area contributed by atoms with Crippen LogP contribution in [0.3, 0.4) is 0 Å². The van der Waals surface area contributed by atoms with Crippen molar-refractivity contribution in [3.63, 3.8) is 0 Å². The van der Waals surface area contributed by atoms with Gasteiger partial charge < -0.3 is 19.3 Å². The number of amides is 1. The molecule has 3 aliphatic heterocycles. The van der Waals surface area contributed by atoms with E-state index in [4.69, 9.17) is 14.5 Å². The summed E-state index contributed by atoms with van der Waals surface area (Å²) in [5.74, 6) is 0.985. The lowest BCUT2D eigenvalue weighted by atomic mass is 9.77. The minimum absolute atomic E-state index is 0.163. The average Bonchev–Trinajstić information content (AvgIpc) is 3.46. The van der Waals surface area contributed by atoms with E-state index < -0.39 is 11.9 Å². The monoisotopic (exact) mass is 545 g/mol. The van der Waals surface area contributed by atoms with E-state index in [9.17, 15) is 18.0 Å². The van der Waals surface area contributed by atoms with Crippen LogP contribution in [0.4, 0.5) is 24.7 Å². The van der Waals surface area contributed by atoms with Gasteiger partial charge in [0.2, 0.25) is 5.91 Å². The van der Waals surface area contributed by atoms with Gasteiger partial charge in [-0.2, -0.15) is 13.2 Å². The summed E-state index contributed by atoms with van der Waals surface area (Å²) in [6.45, 7) is 4.71. The molecule has 3 aliphatic rings. The molecule has 3 fully saturated rings. The van der Waals surface area contributed by atoms with Crippen molar-refractivity contribution in [2.75, 3.05) is 42.6 Å². The van der Waals surface area contributed by atoms with Crippen LogP contribution in [0.25, 0.3) is 11.2 Å². The van der Waals surface area contributed by atoms with E-state index in [0.29, 0.717) is 75.0 Å². The molecule has 0 N–H and O–H groups in total. The third-order valence-electron chi connectivity index (χ3n) is 7.88. The van der Waals surface area contributed by atoms with E-state index >= 15 is 0 Å². The zero-order valence-electron chi connectivity index (χ0n) is 21.7. The summed E-state index contributed by atoms with van der Waals surface area (Å²) in [6.07, 6.45) is 2.67. The molecular formula is C26H30F3N7O3. The Morgan fingerprint density at radius 1 is 1.21 bits per heavy atom. The fourth-order valence-electron chi connectivity index (χ4n) is 5.80. The molecule has 1 atom stereocenters. The number of fused-ring (bicyclic) bond motifs is 1. The summed E-state index contributed by atoms with van der Waals surface area (Å²) >= 11 is 0. The summed E-state index contributed by atoms with van der Waals surface area (Å²) in [4.78, 5) is 29.5. The van der Waals surface area contributed by atoms with Crippen molar-refractivity contribution in [3.8, 4) is 5.88 Å². The Kier molecular flexibility index (Phi) is 6.56. The van der Waals surface area contributed by atoms with E-state index in [1.165, 1.54) is 11.0 Å². The Morgan fingerprint density at radius 2 is 2.03 bits per heavy atom. The highest BCUT2D eigenvalue weighted by Gasteiger charge is 2.46. The highest BCUT2D eigenvalue weighted by Crippen LogP contribution is 2.44. The summed E-state index contributed by atoms with van der Waals surface area (Å²) in [7, 11) is 0. The van der Waals surface area contributed by atoms with Crippen LogP contribution in [-0.2, 0) is 15.7 Å². The largest absolute Gasteiger partial charge is 0.475 e. The number of ether oxygens (including phenoxy) is 2. The molecule has 0 saturated carbocycles. The normalized spacial score (nSPS) is 21.7. The smallest absolute Gasteiger partial charge is 0.433 e. The topological polar surface area (TPSA) is 98.5 Å². The lowest BCUT2D eigenvalue weighted by molar-refractivity contribution is -0.141. The SMILES string of the molecule is CCOc1nn(C2CCCCO2)c2nc(N3CCC4(CC3)CC(=O)N(c3ccnc(C(F)(F)F)c3)C4)cnc12. The number of aromatic nitrogens is 5. The Balaban J connectivity index is 1.20. The van der Waals surface area contributed by atoms with Gasteiger partial charge in [0, 0.05) is 50.0 Å². The molecule has 0 aromatic carbocycles. The molecule has 6 heterocycles. The number of nitrogens with zero attached hydrogens (tertiary/aromatic N) is 7. The fraction of sp³-hybridized carbons (Fsp3) is 0.577. The lowest BCUT2D eigenvalue weighted by Crippen LogP contribution is -2.42. The van der Waals surface area contributed by atoms with Crippen LogP contribution in [-0.4, -0.2) is 63.5 Å². The number of halogens is 3. The van der Waals surface area contributed by atoms with E-state index in [1.807, 2.05) is 6.92 Å². The molecule has 1 spiro atoms. The molecule has 3 saturated heterocycles. The summed E-state index contributed by atoms with van der Waals surface area (Å²) in [5.41, 5.74) is 0.149. The molecular weight excluding hydrogens is 515 g/mol. The maximum atomic E-state index is 13.2. The Hall–Kier alpha value is -3.48. The van der Waals surface area contributed by atoms with Gasteiger partial charge in [0.1, 0.15) is 11.5 Å². The molecule has 0 aliphatic carbocycles. The Bertz CT molecular complexity index is 1360. The minimum atomic E-state index is -4.56. The van der Waals surface area contributed by atoms with Gasteiger partial charge in [-0.15, -0.1) is 5.10 Å². The first-order valence-electron chi connectivity index (χ1n) is 13.3. The molecule has 10 nitrogen and oxygen atoms in total. The molecule has 39 heavy (non-hydrogen) atoms. The molecule has 208 valence electrons. The van der Waals surface area contributed by atoms with Crippen molar-refractivity contribution in [2.45, 2.75) is 57.9 Å². The zero-order chi connectivity index (χ0) is 27.2. The van der Waals surface area contributed by atoms with E-state index in [0.717, 1.165) is 31.5 Å². The number of anilines is 2. The van der Waals surface area contributed by atoms with Crippen LogP contribution in [0.5, 0.6) is 5.88 Å². The van der Waals surface area contributed by atoms with Crippen molar-refractivity contribution in [2.24, 2.45) is 5.41 Å². The first-order chi connectivity index (χ1) is 18.8. The number of alkyl halides is 3. The number of hydrogen-bond acceptors (Lipinski definition) is 8. The second-order valence-electron chi connectivity index (χ2n) is 10.4. The van der Waals surface area contributed by atoms with Crippen molar-refractivity contribution in [1.82, 2.24) is 24.7 Å². The number of carbonyl (C=O) groups excluding carboxylic acids is 1. The van der Waals surface area contributed by atoms with Crippen molar-refractivity contribution < 1.29 is 27.4 Å². The summed E-state index contributed by atoms with van der Waals surface area (Å²) in [5, 5.41) is 4.62. The van der Waals surface area contributed by atoms with Gasteiger partial charge in [-0.1, -0.05) is 0 Å². The van der Waals surface area contributed by atoms with Crippen molar-refractivity contribution in [1.29, 1.82) is 0 Å². The van der Waals surface area contributed by atoms with Gasteiger partial charge in [0.25, 0.3) is 5.88 Å². The van der Waals surface area contributed by atoms with Gasteiger partial charge >= 0.3 is 6.18 Å². The summed E-state index contributed by atoms with van der Waals surface area (Å²) in [6, 6.07) is 2.41. The Morgan fingerprint density at radius 3 is 2.74 bits per heavy atom. The number of piperidine rings is 1. The first-order valence-corrected chi connectivity index (χ1v) is 13.3. The van der Waals surface area contributed by atoms with E-state index in [2.05, 4.69) is 20.0 Å². The molecule has 3 aromatic rings. The van der Waals surface area contributed by atoms with Crippen LogP contribution in [0.2, 0.25) is 0 Å². The third-order valence-corrected chi connectivity index (χ3v) is 7.88. The quantitative estimate of drug-likeness (QED) is 0.467. The van der Waals surface area contributed by atoms with Crippen LogP contribution in [0, 0.1) is 5.41 Å². The molecule has 0 radical (unpaired) electrons. The first kappa shape index (κ1) is 25.8. The fourth-order valence-corrected chi connectivity index (χ4v) is 5.80. The molecule has 1 amide bonds. The molecule has 6 rings (SSSR count). The van der Waals surface area contributed by atoms with E-state index in [1.54, 1.807) is 10.9 Å². The van der Waals surface area contributed by atoms with Gasteiger partial charge in [0.05, 0.1) is 12.8 Å². The minimum Gasteiger partial charge on any atom is -0.475 e. The standard InChI is InChI=1S/C26H30F3N7O3/c1-2-38-24-22-23(36(33-24)21-5-3-4-12-39-21)32-19(15-31-22)34-10-7-25(8-11-34)14-20(37)35(16-25)17-6-9-30-18(13-17)26(27,28)29/h6,9,13,15,21H,2-5,7-8,10-12,14,16H2,1H3. The van der Waals surface area contributed by atoms with Gasteiger partial charge in [-0.05, 0) is 51.2 Å². The van der Waals surface area contributed by atoms with Crippen molar-refractivity contribution in [3.05, 3.63) is 30.2 Å². The van der Waals surface area contributed by atoms with E-state index in [-0.39, 0.29) is 23.2 Å². The van der Waals surface area contributed by atoms with Crippen LogP contribution >= 0.6 is 0 Å². The summed E-state index contributed by atoms with van der Waals surface area (Å²) < 4.78 is 53.0. The second-order valence-corrected chi connectivity index (χ2v) is 10.4. The number of rotatable bonds is 5. The zero-order valence-corrected chi connectivity index (χ0v) is 21.7. The van der Waals surface area contributed by atoms with Gasteiger partial charge in [-0.25, -0.2) is 14.6 Å². The second kappa shape index (κ2) is 9.92. The predicted octanol–water partition coefficient (Wildman–Crippen LogP) is 4.36. The Labute approximate surface area is 223 Å². The third kappa shape index (κ3) is 4.88. The highest BCUT2D eigenvalue weighted by molar-refractivity contribution is 5.96.